The van der Waals surface area contributed by atoms with Crippen molar-refractivity contribution in [1.82, 2.24) is 5.32 Å². The highest BCUT2D eigenvalue weighted by atomic mass is 32.1. The number of anilines is 1. The molecule has 0 saturated carbocycles. The van der Waals surface area contributed by atoms with Crippen LogP contribution in [-0.2, 0) is 4.74 Å². The topological polar surface area (TPSA) is 59.6 Å². The molecule has 0 fully saturated rings. The minimum atomic E-state index is -0.245. The molecular formula is C19H22N2O3S. The second-order valence-corrected chi connectivity index (χ2v) is 5.67. The summed E-state index contributed by atoms with van der Waals surface area (Å²) in [6.45, 7) is 5.42. The monoisotopic (exact) mass is 358 g/mol. The molecule has 0 unspecified atom stereocenters. The first-order chi connectivity index (χ1) is 12.1. The number of carbonyl (C=O) groups is 1. The average Bonchev–Trinajstić information content (AvgIpc) is 2.60. The van der Waals surface area contributed by atoms with Crippen molar-refractivity contribution in [3.63, 3.8) is 0 Å². The fourth-order valence-corrected chi connectivity index (χ4v) is 2.40. The lowest BCUT2D eigenvalue weighted by Gasteiger charge is -2.14. The van der Waals surface area contributed by atoms with E-state index in [4.69, 9.17) is 21.7 Å². The Bertz CT molecular complexity index is 734. The Labute approximate surface area is 153 Å². The molecule has 0 heterocycles. The number of amides is 1. The van der Waals surface area contributed by atoms with E-state index in [1.165, 1.54) is 0 Å². The molecule has 0 radical (unpaired) electrons. The highest BCUT2D eigenvalue weighted by Gasteiger charge is 2.11. The number of hydrogen-bond acceptors (Lipinski definition) is 4. The van der Waals surface area contributed by atoms with E-state index in [0.717, 1.165) is 5.56 Å². The molecule has 6 heteroatoms. The van der Waals surface area contributed by atoms with Gasteiger partial charge in [0.15, 0.2) is 5.11 Å². The summed E-state index contributed by atoms with van der Waals surface area (Å²) in [5, 5.41) is 5.91. The molecule has 0 spiro atoms. The minimum absolute atomic E-state index is 0.217. The number of ether oxygens (including phenoxy) is 2. The number of carbonyl (C=O) groups excluding carboxylic acids is 1. The van der Waals surface area contributed by atoms with Crippen molar-refractivity contribution in [3.05, 3.63) is 59.7 Å². The van der Waals surface area contributed by atoms with Gasteiger partial charge in [0.05, 0.1) is 12.3 Å². The smallest absolute Gasteiger partial charge is 0.257 e. The van der Waals surface area contributed by atoms with Crippen LogP contribution in [0.2, 0.25) is 0 Å². The molecule has 0 saturated heterocycles. The van der Waals surface area contributed by atoms with Gasteiger partial charge < -0.3 is 14.8 Å². The van der Waals surface area contributed by atoms with Crippen LogP contribution < -0.4 is 15.4 Å². The van der Waals surface area contributed by atoms with Gasteiger partial charge in [-0.2, -0.15) is 0 Å². The molecule has 2 rings (SSSR count). The third-order valence-electron chi connectivity index (χ3n) is 3.44. The maximum absolute atomic E-state index is 12.3. The predicted octanol–water partition coefficient (Wildman–Crippen LogP) is 3.54. The normalized spacial score (nSPS) is 10.2. The zero-order chi connectivity index (χ0) is 18.1. The van der Waals surface area contributed by atoms with Gasteiger partial charge in [-0.3, -0.25) is 10.1 Å². The van der Waals surface area contributed by atoms with Gasteiger partial charge in [0.25, 0.3) is 5.91 Å². The van der Waals surface area contributed by atoms with E-state index in [0.29, 0.717) is 36.8 Å². The molecule has 2 aromatic carbocycles. The summed E-state index contributed by atoms with van der Waals surface area (Å²) >= 11 is 5.25. The van der Waals surface area contributed by atoms with Gasteiger partial charge in [-0.1, -0.05) is 30.3 Å². The van der Waals surface area contributed by atoms with Crippen molar-refractivity contribution in [2.24, 2.45) is 0 Å². The zero-order valence-electron chi connectivity index (χ0n) is 14.4. The Balaban J connectivity index is 1.96. The number of rotatable bonds is 7. The summed E-state index contributed by atoms with van der Waals surface area (Å²) < 4.78 is 10.9. The number of aryl methyl sites for hydroxylation is 1. The average molecular weight is 358 g/mol. The van der Waals surface area contributed by atoms with Crippen LogP contribution in [0.15, 0.2) is 48.5 Å². The molecule has 0 aliphatic heterocycles. The van der Waals surface area contributed by atoms with Crippen LogP contribution in [0.25, 0.3) is 0 Å². The lowest BCUT2D eigenvalue weighted by molar-refractivity contribution is 0.0977. The Kier molecular flexibility index (Phi) is 7.37. The van der Waals surface area contributed by atoms with Crippen LogP contribution in [0.1, 0.15) is 22.8 Å². The summed E-state index contributed by atoms with van der Waals surface area (Å²) in [7, 11) is 0. The third kappa shape index (κ3) is 5.85. The number of hydrogen-bond donors (Lipinski definition) is 2. The molecule has 0 bridgehead atoms. The standard InChI is InChI=1S/C19H22N2O3S/c1-3-23-12-13-24-17-11-7-6-10-16(17)20-19(25)21-18(22)15-9-5-4-8-14(15)2/h4-11H,3,12-13H2,1-2H3,(H2,20,21,22,25). The maximum atomic E-state index is 12.3. The second kappa shape index (κ2) is 9.76. The fourth-order valence-electron chi connectivity index (χ4n) is 2.20. The SMILES string of the molecule is CCOCCOc1ccccc1NC(=S)NC(=O)c1ccccc1C. The van der Waals surface area contributed by atoms with E-state index >= 15 is 0 Å². The van der Waals surface area contributed by atoms with Crippen LogP contribution in [0.3, 0.4) is 0 Å². The first-order valence-electron chi connectivity index (χ1n) is 8.09. The van der Waals surface area contributed by atoms with E-state index in [-0.39, 0.29) is 11.0 Å². The van der Waals surface area contributed by atoms with Crippen LogP contribution in [0.5, 0.6) is 5.75 Å². The predicted molar refractivity (Wildman–Crippen MR) is 103 cm³/mol. The van der Waals surface area contributed by atoms with Crippen LogP contribution in [-0.4, -0.2) is 30.8 Å². The minimum Gasteiger partial charge on any atom is -0.489 e. The Morgan fingerprint density at radius 3 is 2.56 bits per heavy atom. The van der Waals surface area contributed by atoms with E-state index in [1.807, 2.05) is 56.3 Å². The number of para-hydroxylation sites is 2. The Morgan fingerprint density at radius 1 is 1.08 bits per heavy atom. The molecule has 2 N–H and O–H groups in total. The first kappa shape index (κ1) is 18.9. The van der Waals surface area contributed by atoms with Gasteiger partial charge in [-0.05, 0) is 49.8 Å². The van der Waals surface area contributed by atoms with Gasteiger partial charge in [0.1, 0.15) is 12.4 Å². The van der Waals surface area contributed by atoms with Crippen molar-refractivity contribution in [1.29, 1.82) is 0 Å². The molecule has 1 amide bonds. The van der Waals surface area contributed by atoms with Gasteiger partial charge in [0.2, 0.25) is 0 Å². The maximum Gasteiger partial charge on any atom is 0.257 e. The largest absolute Gasteiger partial charge is 0.489 e. The third-order valence-corrected chi connectivity index (χ3v) is 3.65. The van der Waals surface area contributed by atoms with Crippen LogP contribution >= 0.6 is 12.2 Å². The summed E-state index contributed by atoms with van der Waals surface area (Å²) in [5.41, 5.74) is 2.17. The van der Waals surface area contributed by atoms with Crippen molar-refractivity contribution >= 4 is 28.9 Å². The molecule has 0 atom stereocenters. The van der Waals surface area contributed by atoms with Crippen molar-refractivity contribution in [2.45, 2.75) is 13.8 Å². The van der Waals surface area contributed by atoms with E-state index in [1.54, 1.807) is 6.07 Å². The fraction of sp³-hybridized carbons (Fsp3) is 0.263. The van der Waals surface area contributed by atoms with Crippen molar-refractivity contribution in [3.8, 4) is 5.75 Å². The van der Waals surface area contributed by atoms with Crippen LogP contribution in [0, 0.1) is 6.92 Å². The lowest BCUT2D eigenvalue weighted by Crippen LogP contribution is -2.34. The summed E-state index contributed by atoms with van der Waals surface area (Å²) in [5.74, 6) is 0.403. The van der Waals surface area contributed by atoms with Gasteiger partial charge in [-0.25, -0.2) is 0 Å². The summed E-state index contributed by atoms with van der Waals surface area (Å²) in [6.07, 6.45) is 0. The second-order valence-electron chi connectivity index (χ2n) is 5.26. The number of thiocarbonyl (C=S) groups is 1. The molecule has 0 aliphatic carbocycles. The quantitative estimate of drug-likeness (QED) is 0.586. The number of benzene rings is 2. The molecule has 25 heavy (non-hydrogen) atoms. The van der Waals surface area contributed by atoms with Gasteiger partial charge in [0, 0.05) is 12.2 Å². The van der Waals surface area contributed by atoms with Gasteiger partial charge in [-0.15, -0.1) is 0 Å². The Morgan fingerprint density at radius 2 is 1.80 bits per heavy atom. The summed E-state index contributed by atoms with van der Waals surface area (Å²) in [4.78, 5) is 12.3. The van der Waals surface area contributed by atoms with E-state index in [2.05, 4.69) is 10.6 Å². The number of nitrogens with one attached hydrogen (secondary N) is 2. The molecule has 0 aromatic heterocycles. The van der Waals surface area contributed by atoms with Crippen LogP contribution in [0.4, 0.5) is 5.69 Å². The van der Waals surface area contributed by atoms with Crippen molar-refractivity contribution < 1.29 is 14.3 Å². The molecule has 5 nitrogen and oxygen atoms in total. The molecule has 2 aromatic rings. The molecular weight excluding hydrogens is 336 g/mol. The van der Waals surface area contributed by atoms with Crippen molar-refractivity contribution in [2.75, 3.05) is 25.1 Å². The Hall–Kier alpha value is -2.44. The summed E-state index contributed by atoms with van der Waals surface area (Å²) in [6, 6.07) is 14.8. The first-order valence-corrected chi connectivity index (χ1v) is 8.50. The highest BCUT2D eigenvalue weighted by molar-refractivity contribution is 7.80. The highest BCUT2D eigenvalue weighted by Crippen LogP contribution is 2.23. The van der Waals surface area contributed by atoms with E-state index < -0.39 is 0 Å². The zero-order valence-corrected chi connectivity index (χ0v) is 15.2. The van der Waals surface area contributed by atoms with E-state index in [9.17, 15) is 4.79 Å². The molecule has 0 aliphatic rings. The lowest BCUT2D eigenvalue weighted by atomic mass is 10.1. The van der Waals surface area contributed by atoms with Gasteiger partial charge >= 0.3 is 0 Å². The molecule has 132 valence electrons.